The van der Waals surface area contributed by atoms with Crippen LogP contribution in [0.25, 0.3) is 0 Å². The molecule has 0 fully saturated rings. The average molecular weight is 335 g/mol. The Kier molecular flexibility index (Phi) is 4.70. The van der Waals surface area contributed by atoms with Crippen LogP contribution in [0, 0.1) is 13.8 Å². The predicted molar refractivity (Wildman–Crippen MR) is 102 cm³/mol. The van der Waals surface area contributed by atoms with E-state index in [1.54, 1.807) is 7.11 Å². The number of nitrogens with one attached hydrogen (secondary N) is 2. The van der Waals surface area contributed by atoms with E-state index in [2.05, 4.69) is 40.5 Å². The molecule has 4 N–H and O–H groups in total. The van der Waals surface area contributed by atoms with Gasteiger partial charge in [-0.3, -0.25) is 0 Å². The molecule has 2 aromatic carbocycles. The first-order chi connectivity index (χ1) is 12.1. The molecule has 0 aliphatic carbocycles. The molecule has 0 saturated heterocycles. The highest BCUT2D eigenvalue weighted by Gasteiger charge is 2.10. The third-order valence-electron chi connectivity index (χ3n) is 4.09. The summed E-state index contributed by atoms with van der Waals surface area (Å²) >= 11 is 0. The molecule has 0 atom stereocenters. The van der Waals surface area contributed by atoms with Gasteiger partial charge in [-0.1, -0.05) is 12.1 Å². The minimum atomic E-state index is 0.458. The van der Waals surface area contributed by atoms with Crippen LogP contribution in [0.4, 0.5) is 28.7 Å². The molecule has 0 radical (unpaired) electrons. The van der Waals surface area contributed by atoms with Gasteiger partial charge in [-0.15, -0.1) is 0 Å². The van der Waals surface area contributed by atoms with Crippen LogP contribution >= 0.6 is 0 Å². The summed E-state index contributed by atoms with van der Waals surface area (Å²) in [5.41, 5.74) is 10.9. The number of benzene rings is 2. The van der Waals surface area contributed by atoms with E-state index < -0.39 is 0 Å². The molecule has 0 saturated carbocycles. The summed E-state index contributed by atoms with van der Waals surface area (Å²) in [6, 6.07) is 13.6. The first-order valence-corrected chi connectivity index (χ1v) is 7.93. The fourth-order valence-corrected chi connectivity index (χ4v) is 2.42. The van der Waals surface area contributed by atoms with E-state index in [-0.39, 0.29) is 0 Å². The molecule has 0 aliphatic rings. The summed E-state index contributed by atoms with van der Waals surface area (Å²) in [6.45, 7) is 4.13. The summed E-state index contributed by atoms with van der Waals surface area (Å²) in [6.07, 6.45) is 1.48. The molecule has 6 heteroatoms. The van der Waals surface area contributed by atoms with Crippen molar-refractivity contribution < 1.29 is 4.74 Å². The van der Waals surface area contributed by atoms with E-state index in [1.165, 1.54) is 11.9 Å². The number of aromatic nitrogens is 2. The van der Waals surface area contributed by atoms with Gasteiger partial charge >= 0.3 is 0 Å². The van der Waals surface area contributed by atoms with Crippen LogP contribution in [0.2, 0.25) is 0 Å². The Labute approximate surface area is 147 Å². The van der Waals surface area contributed by atoms with Crippen molar-refractivity contribution in [2.75, 3.05) is 23.5 Å². The molecule has 0 bridgehead atoms. The molecular weight excluding hydrogens is 314 g/mol. The molecule has 1 heterocycles. The van der Waals surface area contributed by atoms with Gasteiger partial charge in [0.05, 0.1) is 7.11 Å². The largest absolute Gasteiger partial charge is 0.497 e. The van der Waals surface area contributed by atoms with Gasteiger partial charge in [0.25, 0.3) is 0 Å². The number of rotatable bonds is 5. The number of hydrogen-bond donors (Lipinski definition) is 3. The zero-order chi connectivity index (χ0) is 17.8. The third kappa shape index (κ3) is 3.63. The van der Waals surface area contributed by atoms with Crippen LogP contribution in [-0.2, 0) is 0 Å². The lowest BCUT2D eigenvalue weighted by Gasteiger charge is -2.14. The van der Waals surface area contributed by atoms with Gasteiger partial charge in [0, 0.05) is 11.4 Å². The maximum atomic E-state index is 6.25. The first kappa shape index (κ1) is 16.6. The molecule has 3 aromatic rings. The number of anilines is 5. The molecule has 128 valence electrons. The van der Waals surface area contributed by atoms with Gasteiger partial charge in [0.2, 0.25) is 0 Å². The van der Waals surface area contributed by atoms with Crippen molar-refractivity contribution in [3.63, 3.8) is 0 Å². The minimum Gasteiger partial charge on any atom is -0.497 e. The molecular formula is C19H21N5O. The maximum absolute atomic E-state index is 6.25. The number of aryl methyl sites for hydroxylation is 1. The van der Waals surface area contributed by atoms with Crippen molar-refractivity contribution in [1.82, 2.24) is 9.97 Å². The smallest absolute Gasteiger partial charge is 0.159 e. The van der Waals surface area contributed by atoms with Gasteiger partial charge < -0.3 is 21.1 Å². The highest BCUT2D eigenvalue weighted by atomic mass is 16.5. The van der Waals surface area contributed by atoms with Crippen molar-refractivity contribution in [3.8, 4) is 5.75 Å². The number of hydrogen-bond acceptors (Lipinski definition) is 6. The molecule has 3 rings (SSSR count). The van der Waals surface area contributed by atoms with Gasteiger partial charge in [0.15, 0.2) is 11.6 Å². The quantitative estimate of drug-likeness (QED) is 0.649. The van der Waals surface area contributed by atoms with E-state index in [4.69, 9.17) is 10.5 Å². The molecule has 6 nitrogen and oxygen atoms in total. The third-order valence-corrected chi connectivity index (χ3v) is 4.09. The Balaban J connectivity index is 1.85. The van der Waals surface area contributed by atoms with Crippen molar-refractivity contribution >= 4 is 28.7 Å². The van der Waals surface area contributed by atoms with Crippen molar-refractivity contribution in [2.45, 2.75) is 13.8 Å². The normalized spacial score (nSPS) is 10.4. The summed E-state index contributed by atoms with van der Waals surface area (Å²) in [4.78, 5) is 8.51. The molecule has 0 unspecified atom stereocenters. The standard InChI is InChI=1S/C19H21N5O/c1-12-5-4-6-16(13(12)2)24-19-17(20)18(21-11-22-19)23-14-7-9-15(25-3)10-8-14/h4-11H,20H2,1-3H3,(H2,21,22,23,24). The summed E-state index contributed by atoms with van der Waals surface area (Å²) in [5.74, 6) is 1.91. The average Bonchev–Trinajstić information content (AvgIpc) is 2.63. The first-order valence-electron chi connectivity index (χ1n) is 7.93. The molecule has 0 amide bonds. The maximum Gasteiger partial charge on any atom is 0.159 e. The van der Waals surface area contributed by atoms with E-state index in [9.17, 15) is 0 Å². The Hall–Kier alpha value is -3.28. The van der Waals surface area contributed by atoms with Gasteiger partial charge in [-0.05, 0) is 55.3 Å². The number of methoxy groups -OCH3 is 1. The molecule has 1 aromatic heterocycles. The zero-order valence-corrected chi connectivity index (χ0v) is 14.5. The Bertz CT molecular complexity index is 877. The topological polar surface area (TPSA) is 85.1 Å². The number of nitrogens with two attached hydrogens (primary N) is 1. The van der Waals surface area contributed by atoms with Crippen molar-refractivity contribution in [2.24, 2.45) is 0 Å². The van der Waals surface area contributed by atoms with Gasteiger partial charge in [0.1, 0.15) is 17.8 Å². The fraction of sp³-hybridized carbons (Fsp3) is 0.158. The van der Waals surface area contributed by atoms with Crippen molar-refractivity contribution in [1.29, 1.82) is 0 Å². The monoisotopic (exact) mass is 335 g/mol. The predicted octanol–water partition coefficient (Wildman–Crippen LogP) is 4.17. The highest BCUT2D eigenvalue weighted by molar-refractivity contribution is 5.80. The van der Waals surface area contributed by atoms with E-state index in [0.29, 0.717) is 17.3 Å². The minimum absolute atomic E-state index is 0.458. The van der Waals surface area contributed by atoms with Gasteiger partial charge in [-0.2, -0.15) is 0 Å². The van der Waals surface area contributed by atoms with Crippen LogP contribution in [0.3, 0.4) is 0 Å². The second kappa shape index (κ2) is 7.09. The van der Waals surface area contributed by atoms with Crippen LogP contribution in [0.15, 0.2) is 48.8 Å². The van der Waals surface area contributed by atoms with Crippen LogP contribution in [0.1, 0.15) is 11.1 Å². The molecule has 0 aliphatic heterocycles. The lowest BCUT2D eigenvalue weighted by Crippen LogP contribution is -2.06. The lowest BCUT2D eigenvalue weighted by atomic mass is 10.1. The van der Waals surface area contributed by atoms with E-state index in [0.717, 1.165) is 22.7 Å². The summed E-state index contributed by atoms with van der Waals surface area (Å²) in [7, 11) is 1.63. The van der Waals surface area contributed by atoms with Gasteiger partial charge in [-0.25, -0.2) is 9.97 Å². The lowest BCUT2D eigenvalue weighted by molar-refractivity contribution is 0.415. The van der Waals surface area contributed by atoms with E-state index in [1.807, 2.05) is 36.4 Å². The van der Waals surface area contributed by atoms with Crippen molar-refractivity contribution in [3.05, 3.63) is 59.9 Å². The van der Waals surface area contributed by atoms with Crippen LogP contribution in [0.5, 0.6) is 5.75 Å². The molecule has 25 heavy (non-hydrogen) atoms. The number of ether oxygens (including phenoxy) is 1. The summed E-state index contributed by atoms with van der Waals surface area (Å²) < 4.78 is 5.16. The Morgan fingerprint density at radius 3 is 2.28 bits per heavy atom. The highest BCUT2D eigenvalue weighted by Crippen LogP contribution is 2.30. The number of nitrogens with zero attached hydrogens (tertiary/aromatic N) is 2. The fourth-order valence-electron chi connectivity index (χ4n) is 2.42. The Morgan fingerprint density at radius 2 is 1.60 bits per heavy atom. The second-order valence-corrected chi connectivity index (χ2v) is 5.71. The number of nitrogen functional groups attached to an aromatic ring is 1. The molecule has 0 spiro atoms. The van der Waals surface area contributed by atoms with Crippen LogP contribution in [-0.4, -0.2) is 17.1 Å². The van der Waals surface area contributed by atoms with E-state index >= 15 is 0 Å². The Morgan fingerprint density at radius 1 is 0.920 bits per heavy atom. The van der Waals surface area contributed by atoms with Crippen LogP contribution < -0.4 is 21.1 Å². The second-order valence-electron chi connectivity index (χ2n) is 5.71. The zero-order valence-electron chi connectivity index (χ0n) is 14.5. The SMILES string of the molecule is COc1ccc(Nc2ncnc(Nc3cccc(C)c3C)c2N)cc1. The summed E-state index contributed by atoms with van der Waals surface area (Å²) in [5, 5.41) is 6.49.